The SMILES string of the molecule is c1ccc(-c2nc3cccc(N(c4ccc5c(c4)sc4ccccc45)c4ccc5c6c7ccccc7ccc6n(-c6ccccc6)c5c4)c3o2)cc1. The molecule has 11 aromatic rings. The van der Waals surface area contributed by atoms with Crippen molar-refractivity contribution in [1.82, 2.24) is 9.55 Å². The molecule has 0 aliphatic carbocycles. The molecule has 52 heavy (non-hydrogen) atoms. The summed E-state index contributed by atoms with van der Waals surface area (Å²) in [6.07, 6.45) is 0. The highest BCUT2D eigenvalue weighted by Gasteiger charge is 2.23. The van der Waals surface area contributed by atoms with Crippen molar-refractivity contribution in [2.75, 3.05) is 4.90 Å². The van der Waals surface area contributed by atoms with Gasteiger partial charge in [-0.1, -0.05) is 103 Å². The average Bonchev–Trinajstić information content (AvgIpc) is 3.91. The molecule has 0 unspecified atom stereocenters. The van der Waals surface area contributed by atoms with E-state index in [1.54, 1.807) is 0 Å². The molecule has 0 fully saturated rings. The van der Waals surface area contributed by atoms with Gasteiger partial charge in [-0.3, -0.25) is 0 Å². The Morgan fingerprint density at radius 2 is 1.23 bits per heavy atom. The van der Waals surface area contributed by atoms with Crippen molar-refractivity contribution in [2.45, 2.75) is 0 Å². The van der Waals surface area contributed by atoms with E-state index in [9.17, 15) is 0 Å². The second kappa shape index (κ2) is 11.4. The Bertz CT molecular complexity index is 3140. The van der Waals surface area contributed by atoms with Gasteiger partial charge >= 0.3 is 0 Å². The van der Waals surface area contributed by atoms with Crippen LogP contribution in [-0.4, -0.2) is 9.55 Å². The number of aromatic nitrogens is 2. The van der Waals surface area contributed by atoms with Crippen molar-refractivity contribution in [3.05, 3.63) is 176 Å². The first-order valence-electron chi connectivity index (χ1n) is 17.5. The first-order valence-corrected chi connectivity index (χ1v) is 18.3. The summed E-state index contributed by atoms with van der Waals surface area (Å²) < 4.78 is 11.6. The molecule has 0 aliphatic rings. The summed E-state index contributed by atoms with van der Waals surface area (Å²) in [7, 11) is 0. The Hall–Kier alpha value is -6.69. The Balaban J connectivity index is 1.21. The molecule has 8 aromatic carbocycles. The van der Waals surface area contributed by atoms with E-state index in [4.69, 9.17) is 9.40 Å². The summed E-state index contributed by atoms with van der Waals surface area (Å²) in [4.78, 5) is 7.29. The van der Waals surface area contributed by atoms with E-state index >= 15 is 0 Å². The van der Waals surface area contributed by atoms with Gasteiger partial charge in [-0.25, -0.2) is 4.98 Å². The summed E-state index contributed by atoms with van der Waals surface area (Å²) in [5.41, 5.74) is 8.96. The first-order chi connectivity index (χ1) is 25.8. The molecule has 11 rings (SSSR count). The highest BCUT2D eigenvalue weighted by atomic mass is 32.1. The summed E-state index contributed by atoms with van der Waals surface area (Å²) >= 11 is 1.83. The monoisotopic (exact) mass is 683 g/mol. The van der Waals surface area contributed by atoms with E-state index in [0.717, 1.165) is 44.9 Å². The van der Waals surface area contributed by atoms with E-state index in [-0.39, 0.29) is 0 Å². The van der Waals surface area contributed by atoms with Gasteiger partial charge in [0.2, 0.25) is 5.89 Å². The maximum Gasteiger partial charge on any atom is 0.227 e. The lowest BCUT2D eigenvalue weighted by Gasteiger charge is -2.26. The van der Waals surface area contributed by atoms with Crippen LogP contribution in [0, 0.1) is 0 Å². The Morgan fingerprint density at radius 1 is 0.519 bits per heavy atom. The van der Waals surface area contributed by atoms with Crippen LogP contribution >= 0.6 is 11.3 Å². The summed E-state index contributed by atoms with van der Waals surface area (Å²) in [5.74, 6) is 0.606. The standard InChI is InChI=1S/C47H29N3OS/c1-3-13-31(14-4-1)47-48-39-19-11-20-41(46(39)51-47)49(34-23-25-37-36-18-9-10-21-43(36)52-44(37)29-34)33-24-26-38-42(28-33)50(32-15-5-2-6-16-32)40-27-22-30-12-7-8-17-35(30)45(38)40/h1-29H. The second-order valence-electron chi connectivity index (χ2n) is 13.2. The zero-order valence-corrected chi connectivity index (χ0v) is 28.7. The largest absolute Gasteiger partial charge is 0.434 e. The van der Waals surface area contributed by atoms with Crippen LogP contribution in [0.3, 0.4) is 0 Å². The van der Waals surface area contributed by atoms with Crippen LogP contribution in [0.5, 0.6) is 0 Å². The lowest BCUT2D eigenvalue weighted by Crippen LogP contribution is -2.10. The zero-order chi connectivity index (χ0) is 34.2. The van der Waals surface area contributed by atoms with Gasteiger partial charge in [0.1, 0.15) is 5.52 Å². The minimum Gasteiger partial charge on any atom is -0.434 e. The van der Waals surface area contributed by atoms with Crippen molar-refractivity contribution in [2.24, 2.45) is 0 Å². The van der Waals surface area contributed by atoms with E-state index in [1.807, 2.05) is 47.7 Å². The second-order valence-corrected chi connectivity index (χ2v) is 14.3. The molecule has 0 N–H and O–H groups in total. The van der Waals surface area contributed by atoms with E-state index in [0.29, 0.717) is 5.89 Å². The third-order valence-electron chi connectivity index (χ3n) is 10.2. The first kappa shape index (κ1) is 29.1. The van der Waals surface area contributed by atoms with Crippen LogP contribution in [0.4, 0.5) is 17.1 Å². The minimum absolute atomic E-state index is 0.606. The normalized spacial score (nSPS) is 11.8. The number of anilines is 3. The molecule has 4 nitrogen and oxygen atoms in total. The number of oxazole rings is 1. The van der Waals surface area contributed by atoms with Crippen molar-refractivity contribution < 1.29 is 4.42 Å². The van der Waals surface area contributed by atoms with Gasteiger partial charge in [0.05, 0.1) is 16.7 Å². The molecule has 0 saturated carbocycles. The van der Waals surface area contributed by atoms with Gasteiger partial charge < -0.3 is 13.9 Å². The number of hydrogen-bond donors (Lipinski definition) is 0. The fourth-order valence-corrected chi connectivity index (χ4v) is 9.00. The van der Waals surface area contributed by atoms with Crippen molar-refractivity contribution in [3.63, 3.8) is 0 Å². The topological polar surface area (TPSA) is 34.2 Å². The Kier molecular flexibility index (Phi) is 6.39. The molecular weight excluding hydrogens is 655 g/mol. The predicted octanol–water partition coefficient (Wildman–Crippen LogP) is 13.6. The summed E-state index contributed by atoms with van der Waals surface area (Å²) in [6.45, 7) is 0. The average molecular weight is 684 g/mol. The molecule has 3 heterocycles. The molecule has 5 heteroatoms. The number of thiophene rings is 1. The summed E-state index contributed by atoms with van der Waals surface area (Å²) in [6, 6.07) is 62.6. The zero-order valence-electron chi connectivity index (χ0n) is 27.9. The summed E-state index contributed by atoms with van der Waals surface area (Å²) in [5, 5.41) is 7.50. The van der Waals surface area contributed by atoms with E-state index < -0.39 is 0 Å². The van der Waals surface area contributed by atoms with E-state index in [1.165, 1.54) is 47.2 Å². The maximum absolute atomic E-state index is 6.67. The molecular formula is C47H29N3OS. The molecule has 0 aliphatic heterocycles. The van der Waals surface area contributed by atoms with Gasteiger partial charge in [-0.05, 0) is 83.6 Å². The fourth-order valence-electron chi connectivity index (χ4n) is 7.87. The number of para-hydroxylation sites is 2. The predicted molar refractivity (Wildman–Crippen MR) is 219 cm³/mol. The van der Waals surface area contributed by atoms with Crippen LogP contribution in [0.2, 0.25) is 0 Å². The van der Waals surface area contributed by atoms with Crippen molar-refractivity contribution in [1.29, 1.82) is 0 Å². The molecule has 3 aromatic heterocycles. The van der Waals surface area contributed by atoms with Crippen molar-refractivity contribution in [3.8, 4) is 17.1 Å². The van der Waals surface area contributed by atoms with Crippen LogP contribution in [0.1, 0.15) is 0 Å². The quantitative estimate of drug-likeness (QED) is 0.181. The smallest absolute Gasteiger partial charge is 0.227 e. The maximum atomic E-state index is 6.67. The Morgan fingerprint density at radius 3 is 2.10 bits per heavy atom. The van der Waals surface area contributed by atoms with Gasteiger partial charge in [-0.15, -0.1) is 11.3 Å². The van der Waals surface area contributed by atoms with Gasteiger partial charge in [0.15, 0.2) is 5.58 Å². The number of hydrogen-bond acceptors (Lipinski definition) is 4. The highest BCUT2D eigenvalue weighted by Crippen LogP contribution is 2.45. The number of benzene rings is 8. The molecule has 0 saturated heterocycles. The lowest BCUT2D eigenvalue weighted by atomic mass is 10.0. The minimum atomic E-state index is 0.606. The number of nitrogens with zero attached hydrogens (tertiary/aromatic N) is 3. The number of rotatable bonds is 5. The molecule has 0 bridgehead atoms. The molecule has 0 radical (unpaired) electrons. The van der Waals surface area contributed by atoms with Gasteiger partial charge in [0.25, 0.3) is 0 Å². The molecule has 0 amide bonds. The molecule has 0 spiro atoms. The molecule has 0 atom stereocenters. The number of fused-ring (bicyclic) bond motifs is 9. The highest BCUT2D eigenvalue weighted by molar-refractivity contribution is 7.25. The van der Waals surface area contributed by atoms with E-state index in [2.05, 4.69) is 149 Å². The van der Waals surface area contributed by atoms with Crippen LogP contribution in [0.15, 0.2) is 180 Å². The third kappa shape index (κ3) is 4.43. The lowest BCUT2D eigenvalue weighted by molar-refractivity contribution is 0.620. The van der Waals surface area contributed by atoms with Gasteiger partial charge in [0, 0.05) is 53.6 Å². The van der Waals surface area contributed by atoms with Crippen molar-refractivity contribution >= 4 is 92.2 Å². The van der Waals surface area contributed by atoms with Crippen LogP contribution < -0.4 is 4.90 Å². The van der Waals surface area contributed by atoms with Gasteiger partial charge in [-0.2, -0.15) is 0 Å². The van der Waals surface area contributed by atoms with Crippen LogP contribution in [-0.2, 0) is 0 Å². The van der Waals surface area contributed by atoms with Crippen LogP contribution in [0.25, 0.3) is 81.0 Å². The fraction of sp³-hybridized carbons (Fsp3) is 0. The molecule has 244 valence electrons. The Labute approximate surface area is 303 Å². The third-order valence-corrected chi connectivity index (χ3v) is 11.3.